The number of ether oxygens (including phenoxy) is 3. The standard InChI is InChI=1S/C25H30N4O5/c1-4-34-24(31)21-22(17-10-11-19(32-2)20(16-17)33-3)26-25(27-23(21)30)29-14-12-28(13-15-29)18-8-6-5-7-9-18/h5-11,16,21-22H,4,12-15H2,1-3H3,(H,26,27,30)/t21-,22-/m1/s1. The third-order valence-corrected chi connectivity index (χ3v) is 6.08. The van der Waals surface area contributed by atoms with E-state index in [1.54, 1.807) is 39.3 Å². The zero-order valence-electron chi connectivity index (χ0n) is 19.7. The summed E-state index contributed by atoms with van der Waals surface area (Å²) in [5, 5.41) is 2.84. The first-order chi connectivity index (χ1) is 16.5. The molecule has 2 aromatic rings. The Morgan fingerprint density at radius 1 is 1.00 bits per heavy atom. The van der Waals surface area contributed by atoms with Crippen molar-refractivity contribution in [3.05, 3.63) is 54.1 Å². The van der Waals surface area contributed by atoms with Crippen LogP contribution in [-0.4, -0.2) is 69.7 Å². The van der Waals surface area contributed by atoms with Crippen LogP contribution in [0.4, 0.5) is 5.69 Å². The lowest BCUT2D eigenvalue weighted by Crippen LogP contribution is -2.57. The fraction of sp³-hybridized carbons (Fsp3) is 0.400. The molecule has 0 aromatic heterocycles. The molecule has 4 rings (SSSR count). The van der Waals surface area contributed by atoms with E-state index in [9.17, 15) is 9.59 Å². The number of carbonyl (C=O) groups is 2. The normalized spacial score (nSPS) is 20.3. The molecule has 2 atom stereocenters. The predicted molar refractivity (Wildman–Crippen MR) is 128 cm³/mol. The number of benzene rings is 2. The Hall–Kier alpha value is -3.75. The van der Waals surface area contributed by atoms with Gasteiger partial charge in [0.2, 0.25) is 11.9 Å². The van der Waals surface area contributed by atoms with E-state index >= 15 is 0 Å². The Bertz CT molecular complexity index is 1050. The molecule has 1 amide bonds. The fourth-order valence-electron chi connectivity index (χ4n) is 4.32. The smallest absolute Gasteiger partial charge is 0.321 e. The van der Waals surface area contributed by atoms with Gasteiger partial charge in [0, 0.05) is 31.9 Å². The van der Waals surface area contributed by atoms with Crippen LogP contribution in [0, 0.1) is 5.92 Å². The van der Waals surface area contributed by atoms with Gasteiger partial charge in [-0.3, -0.25) is 14.9 Å². The summed E-state index contributed by atoms with van der Waals surface area (Å²) in [6, 6.07) is 14.8. The largest absolute Gasteiger partial charge is 0.493 e. The number of hydrogen-bond donors (Lipinski definition) is 1. The summed E-state index contributed by atoms with van der Waals surface area (Å²) in [6.45, 7) is 4.86. The predicted octanol–water partition coefficient (Wildman–Crippen LogP) is 2.23. The maximum Gasteiger partial charge on any atom is 0.321 e. The van der Waals surface area contributed by atoms with Crippen LogP contribution >= 0.6 is 0 Å². The van der Waals surface area contributed by atoms with E-state index in [2.05, 4.69) is 22.3 Å². The molecule has 0 bridgehead atoms. The molecule has 34 heavy (non-hydrogen) atoms. The van der Waals surface area contributed by atoms with E-state index in [0.717, 1.165) is 13.1 Å². The van der Waals surface area contributed by atoms with Gasteiger partial charge in [-0.25, -0.2) is 4.99 Å². The van der Waals surface area contributed by atoms with Crippen LogP contribution in [0.3, 0.4) is 0 Å². The number of piperazine rings is 1. The molecule has 2 aliphatic heterocycles. The van der Waals surface area contributed by atoms with Crippen LogP contribution in [0.25, 0.3) is 0 Å². The quantitative estimate of drug-likeness (QED) is 0.516. The van der Waals surface area contributed by atoms with E-state index in [4.69, 9.17) is 19.2 Å². The summed E-state index contributed by atoms with van der Waals surface area (Å²) in [6.07, 6.45) is 0. The van der Waals surface area contributed by atoms with Gasteiger partial charge in [0.15, 0.2) is 17.4 Å². The Labute approximate surface area is 199 Å². The Kier molecular flexibility index (Phi) is 7.20. The molecule has 0 radical (unpaired) electrons. The van der Waals surface area contributed by atoms with Crippen LogP contribution < -0.4 is 19.7 Å². The summed E-state index contributed by atoms with van der Waals surface area (Å²) in [5.41, 5.74) is 1.84. The number of rotatable bonds is 6. The van der Waals surface area contributed by atoms with Crippen molar-refractivity contribution in [2.75, 3.05) is 51.9 Å². The number of esters is 1. The Morgan fingerprint density at radius 2 is 1.68 bits per heavy atom. The van der Waals surface area contributed by atoms with E-state index in [1.165, 1.54) is 5.69 Å². The van der Waals surface area contributed by atoms with Gasteiger partial charge in [0.05, 0.1) is 20.8 Å². The van der Waals surface area contributed by atoms with Gasteiger partial charge in [-0.1, -0.05) is 24.3 Å². The van der Waals surface area contributed by atoms with Crippen molar-refractivity contribution in [3.63, 3.8) is 0 Å². The molecule has 0 unspecified atom stereocenters. The van der Waals surface area contributed by atoms with Crippen LogP contribution in [0.5, 0.6) is 11.5 Å². The summed E-state index contributed by atoms with van der Waals surface area (Å²) >= 11 is 0. The van der Waals surface area contributed by atoms with Crippen LogP contribution in [-0.2, 0) is 14.3 Å². The average Bonchev–Trinajstić information content (AvgIpc) is 2.88. The molecule has 2 aliphatic rings. The number of anilines is 1. The molecule has 180 valence electrons. The average molecular weight is 467 g/mol. The number of hydrogen-bond acceptors (Lipinski definition) is 8. The molecule has 0 spiro atoms. The second-order valence-electron chi connectivity index (χ2n) is 8.04. The highest BCUT2D eigenvalue weighted by Gasteiger charge is 2.42. The van der Waals surface area contributed by atoms with Crippen molar-refractivity contribution in [2.45, 2.75) is 13.0 Å². The minimum absolute atomic E-state index is 0.180. The maximum absolute atomic E-state index is 13.1. The molecule has 1 N–H and O–H groups in total. The SMILES string of the molecule is CCOC(=O)[C@H]1C(=O)NC(N2CCN(c3ccccc3)CC2)=N[C@@H]1c1ccc(OC)c(OC)c1. The van der Waals surface area contributed by atoms with Gasteiger partial charge < -0.3 is 24.0 Å². The van der Waals surface area contributed by atoms with Crippen LogP contribution in [0.2, 0.25) is 0 Å². The number of nitrogens with one attached hydrogen (secondary N) is 1. The number of nitrogens with zero attached hydrogens (tertiary/aromatic N) is 3. The molecule has 0 saturated carbocycles. The first-order valence-corrected chi connectivity index (χ1v) is 11.4. The van der Waals surface area contributed by atoms with Crippen molar-refractivity contribution in [2.24, 2.45) is 10.9 Å². The lowest BCUT2D eigenvalue weighted by Gasteiger charge is -2.39. The zero-order valence-corrected chi connectivity index (χ0v) is 19.7. The van der Waals surface area contributed by atoms with Crippen molar-refractivity contribution < 1.29 is 23.8 Å². The zero-order chi connectivity index (χ0) is 24.1. The number of guanidine groups is 1. The molecular formula is C25H30N4O5. The molecule has 9 nitrogen and oxygen atoms in total. The van der Waals surface area contributed by atoms with E-state index in [-0.39, 0.29) is 6.61 Å². The first kappa shape index (κ1) is 23.4. The number of amides is 1. The van der Waals surface area contributed by atoms with Crippen molar-refractivity contribution >= 4 is 23.5 Å². The molecule has 1 fully saturated rings. The van der Waals surface area contributed by atoms with Gasteiger partial charge in [0.25, 0.3) is 0 Å². The van der Waals surface area contributed by atoms with Crippen molar-refractivity contribution in [1.82, 2.24) is 10.2 Å². The Balaban J connectivity index is 1.61. The van der Waals surface area contributed by atoms with Gasteiger partial charge in [0.1, 0.15) is 6.04 Å². The summed E-state index contributed by atoms with van der Waals surface area (Å²) in [7, 11) is 3.09. The lowest BCUT2D eigenvalue weighted by atomic mass is 9.91. The third-order valence-electron chi connectivity index (χ3n) is 6.08. The van der Waals surface area contributed by atoms with Gasteiger partial charge in [-0.2, -0.15) is 0 Å². The molecule has 2 heterocycles. The molecule has 9 heteroatoms. The van der Waals surface area contributed by atoms with E-state index in [1.807, 2.05) is 23.1 Å². The lowest BCUT2D eigenvalue weighted by molar-refractivity contribution is -0.153. The summed E-state index contributed by atoms with van der Waals surface area (Å²) < 4.78 is 16.0. The van der Waals surface area contributed by atoms with Gasteiger partial charge >= 0.3 is 5.97 Å². The monoisotopic (exact) mass is 466 g/mol. The van der Waals surface area contributed by atoms with Gasteiger partial charge in [-0.05, 0) is 36.8 Å². The topological polar surface area (TPSA) is 92.7 Å². The summed E-state index contributed by atoms with van der Waals surface area (Å²) in [4.78, 5) is 35.0. The number of methoxy groups -OCH3 is 2. The minimum Gasteiger partial charge on any atom is -0.493 e. The molecule has 2 aromatic carbocycles. The highest BCUT2D eigenvalue weighted by Crippen LogP contribution is 2.36. The first-order valence-electron chi connectivity index (χ1n) is 11.4. The second-order valence-corrected chi connectivity index (χ2v) is 8.04. The summed E-state index contributed by atoms with van der Waals surface area (Å²) in [5.74, 6) is -0.585. The van der Waals surface area contributed by atoms with Crippen molar-refractivity contribution in [1.29, 1.82) is 0 Å². The van der Waals surface area contributed by atoms with E-state index < -0.39 is 23.8 Å². The fourth-order valence-corrected chi connectivity index (χ4v) is 4.32. The number of aliphatic imine (C=N–C) groups is 1. The van der Waals surface area contributed by atoms with Gasteiger partial charge in [-0.15, -0.1) is 0 Å². The molecule has 0 aliphatic carbocycles. The van der Waals surface area contributed by atoms with Crippen LogP contribution in [0.1, 0.15) is 18.5 Å². The van der Waals surface area contributed by atoms with Crippen molar-refractivity contribution in [3.8, 4) is 11.5 Å². The van der Waals surface area contributed by atoms with E-state index in [0.29, 0.717) is 36.1 Å². The highest BCUT2D eigenvalue weighted by molar-refractivity contribution is 6.08. The molecule has 1 saturated heterocycles. The number of para-hydroxylation sites is 1. The second kappa shape index (κ2) is 10.5. The third kappa shape index (κ3) is 4.78. The minimum atomic E-state index is -1.09. The maximum atomic E-state index is 13.1. The highest BCUT2D eigenvalue weighted by atomic mass is 16.5. The van der Waals surface area contributed by atoms with Crippen LogP contribution in [0.15, 0.2) is 53.5 Å². The Morgan fingerprint density at radius 3 is 2.32 bits per heavy atom. The molecular weight excluding hydrogens is 436 g/mol. The number of carbonyl (C=O) groups excluding carboxylic acids is 2.